The lowest BCUT2D eigenvalue weighted by molar-refractivity contribution is -0.126. The van der Waals surface area contributed by atoms with Gasteiger partial charge in [-0.15, -0.1) is 0 Å². The Balaban J connectivity index is 1.71. The molecule has 0 bridgehead atoms. The monoisotopic (exact) mass is 429 g/mol. The van der Waals surface area contributed by atoms with E-state index in [4.69, 9.17) is 0 Å². The molecule has 1 aliphatic heterocycles. The van der Waals surface area contributed by atoms with Gasteiger partial charge in [0, 0.05) is 25.7 Å². The first-order valence-corrected chi connectivity index (χ1v) is 12.2. The summed E-state index contributed by atoms with van der Waals surface area (Å²) < 4.78 is 23.7. The van der Waals surface area contributed by atoms with Gasteiger partial charge in [0.05, 0.1) is 11.5 Å². The number of amides is 1. The van der Waals surface area contributed by atoms with E-state index in [9.17, 15) is 13.2 Å². The summed E-state index contributed by atoms with van der Waals surface area (Å²) in [5.41, 5.74) is 2.12. The molecule has 2 atom stereocenters. The topological polar surface area (TPSA) is 69.7 Å². The standard InChI is InChI=1S/C23H31N3O3S/c1-25(2)21(17-19-9-5-3-6-10-19)18-24-23(27)22(20-11-7-4-8-12-20)26-13-15-30(28,29)16-14-26/h3-12,21-22H,13-18H2,1-2H3,(H,24,27). The quantitative estimate of drug-likeness (QED) is 0.692. The van der Waals surface area contributed by atoms with Crippen molar-refractivity contribution in [1.82, 2.24) is 15.1 Å². The van der Waals surface area contributed by atoms with Gasteiger partial charge < -0.3 is 10.2 Å². The van der Waals surface area contributed by atoms with Gasteiger partial charge in [0.25, 0.3) is 0 Å². The molecule has 2 unspecified atom stereocenters. The maximum atomic E-state index is 13.3. The Morgan fingerprint density at radius 1 is 1.00 bits per heavy atom. The van der Waals surface area contributed by atoms with Crippen molar-refractivity contribution >= 4 is 15.7 Å². The fourth-order valence-corrected chi connectivity index (χ4v) is 5.02. The van der Waals surface area contributed by atoms with Gasteiger partial charge in [-0.25, -0.2) is 8.42 Å². The number of carbonyl (C=O) groups is 1. The van der Waals surface area contributed by atoms with Crippen LogP contribution in [-0.2, 0) is 21.1 Å². The Hall–Kier alpha value is -2.22. The van der Waals surface area contributed by atoms with Crippen LogP contribution in [0.25, 0.3) is 0 Å². The average molecular weight is 430 g/mol. The molecule has 1 saturated heterocycles. The highest BCUT2D eigenvalue weighted by Gasteiger charge is 2.32. The van der Waals surface area contributed by atoms with E-state index in [1.807, 2.05) is 67.5 Å². The van der Waals surface area contributed by atoms with E-state index in [0.29, 0.717) is 19.6 Å². The summed E-state index contributed by atoms with van der Waals surface area (Å²) in [6.45, 7) is 1.27. The fourth-order valence-electron chi connectivity index (χ4n) is 3.79. The molecule has 1 amide bonds. The highest BCUT2D eigenvalue weighted by molar-refractivity contribution is 7.91. The second kappa shape index (κ2) is 10.2. The second-order valence-corrected chi connectivity index (χ2v) is 10.4. The molecule has 0 radical (unpaired) electrons. The van der Waals surface area contributed by atoms with Crippen LogP contribution >= 0.6 is 0 Å². The van der Waals surface area contributed by atoms with E-state index >= 15 is 0 Å². The van der Waals surface area contributed by atoms with Crippen molar-refractivity contribution in [2.75, 3.05) is 45.2 Å². The van der Waals surface area contributed by atoms with Gasteiger partial charge in [-0.3, -0.25) is 9.69 Å². The molecule has 1 aliphatic rings. The summed E-state index contributed by atoms with van der Waals surface area (Å²) in [5.74, 6) is 0.107. The largest absolute Gasteiger partial charge is 0.353 e. The van der Waals surface area contributed by atoms with Crippen LogP contribution in [0.5, 0.6) is 0 Å². The minimum atomic E-state index is -3.01. The third-order valence-electron chi connectivity index (χ3n) is 5.66. The zero-order valence-electron chi connectivity index (χ0n) is 17.7. The zero-order chi connectivity index (χ0) is 21.6. The lowest BCUT2D eigenvalue weighted by Crippen LogP contribution is -2.49. The first kappa shape index (κ1) is 22.5. The average Bonchev–Trinajstić information content (AvgIpc) is 2.74. The van der Waals surface area contributed by atoms with Crippen molar-refractivity contribution in [3.8, 4) is 0 Å². The molecule has 3 rings (SSSR count). The van der Waals surface area contributed by atoms with Crippen LogP contribution in [0.15, 0.2) is 60.7 Å². The smallest absolute Gasteiger partial charge is 0.242 e. The molecule has 0 spiro atoms. The Kier molecular flexibility index (Phi) is 7.64. The molecule has 2 aromatic rings. The third kappa shape index (κ3) is 6.14. The number of sulfone groups is 1. The molecule has 162 valence electrons. The van der Waals surface area contributed by atoms with Gasteiger partial charge in [-0.1, -0.05) is 60.7 Å². The lowest BCUT2D eigenvalue weighted by atomic mass is 10.0. The predicted molar refractivity (Wildman–Crippen MR) is 120 cm³/mol. The van der Waals surface area contributed by atoms with Crippen molar-refractivity contribution in [2.24, 2.45) is 0 Å². The normalized spacial score (nSPS) is 18.6. The van der Waals surface area contributed by atoms with Gasteiger partial charge in [0.2, 0.25) is 5.91 Å². The molecule has 1 heterocycles. The molecule has 1 N–H and O–H groups in total. The Labute approximate surface area is 179 Å². The van der Waals surface area contributed by atoms with Crippen molar-refractivity contribution < 1.29 is 13.2 Å². The maximum Gasteiger partial charge on any atom is 0.242 e. The summed E-state index contributed by atoms with van der Waals surface area (Å²) in [6, 6.07) is 19.5. The van der Waals surface area contributed by atoms with E-state index in [-0.39, 0.29) is 23.5 Å². The van der Waals surface area contributed by atoms with Crippen molar-refractivity contribution in [3.63, 3.8) is 0 Å². The third-order valence-corrected chi connectivity index (χ3v) is 7.27. The van der Waals surface area contributed by atoms with Gasteiger partial charge >= 0.3 is 0 Å². The van der Waals surface area contributed by atoms with E-state index in [0.717, 1.165) is 12.0 Å². The number of carbonyl (C=O) groups excluding carboxylic acids is 1. The Morgan fingerprint density at radius 3 is 2.13 bits per heavy atom. The van der Waals surface area contributed by atoms with E-state index < -0.39 is 15.9 Å². The van der Waals surface area contributed by atoms with Crippen LogP contribution in [-0.4, -0.2) is 75.4 Å². The molecule has 0 aliphatic carbocycles. The SMILES string of the molecule is CN(C)C(CNC(=O)C(c1ccccc1)N1CCS(=O)(=O)CC1)Cc1ccccc1. The molecule has 6 nitrogen and oxygen atoms in total. The Bertz CT molecular complexity index is 903. The first-order chi connectivity index (χ1) is 14.4. The summed E-state index contributed by atoms with van der Waals surface area (Å²) >= 11 is 0. The summed E-state index contributed by atoms with van der Waals surface area (Å²) in [7, 11) is 1.03. The van der Waals surface area contributed by atoms with E-state index in [2.05, 4.69) is 22.3 Å². The molecular formula is C23H31N3O3S. The van der Waals surface area contributed by atoms with Crippen LogP contribution in [0, 0.1) is 0 Å². The lowest BCUT2D eigenvalue weighted by Gasteiger charge is -2.34. The van der Waals surface area contributed by atoms with Gasteiger partial charge in [0.1, 0.15) is 6.04 Å². The maximum absolute atomic E-state index is 13.3. The molecule has 2 aromatic carbocycles. The summed E-state index contributed by atoms with van der Waals surface area (Å²) in [6.07, 6.45) is 0.839. The summed E-state index contributed by atoms with van der Waals surface area (Å²) in [5, 5.41) is 3.13. The fraction of sp³-hybridized carbons (Fsp3) is 0.435. The number of nitrogens with one attached hydrogen (secondary N) is 1. The van der Waals surface area contributed by atoms with E-state index in [1.165, 1.54) is 5.56 Å². The highest BCUT2D eigenvalue weighted by Crippen LogP contribution is 2.23. The Morgan fingerprint density at radius 2 is 1.57 bits per heavy atom. The molecular weight excluding hydrogens is 398 g/mol. The molecule has 0 aromatic heterocycles. The molecule has 7 heteroatoms. The number of nitrogens with zero attached hydrogens (tertiary/aromatic N) is 2. The summed E-state index contributed by atoms with van der Waals surface area (Å²) in [4.78, 5) is 17.4. The van der Waals surface area contributed by atoms with Gasteiger partial charge in [-0.2, -0.15) is 0 Å². The van der Waals surface area contributed by atoms with Crippen molar-refractivity contribution in [1.29, 1.82) is 0 Å². The van der Waals surface area contributed by atoms with Crippen molar-refractivity contribution in [3.05, 3.63) is 71.8 Å². The zero-order valence-corrected chi connectivity index (χ0v) is 18.5. The van der Waals surface area contributed by atoms with Crippen LogP contribution in [0.1, 0.15) is 17.2 Å². The van der Waals surface area contributed by atoms with Crippen LogP contribution < -0.4 is 5.32 Å². The van der Waals surface area contributed by atoms with Crippen LogP contribution in [0.2, 0.25) is 0 Å². The highest BCUT2D eigenvalue weighted by atomic mass is 32.2. The molecule has 0 saturated carbocycles. The number of hydrogen-bond donors (Lipinski definition) is 1. The minimum Gasteiger partial charge on any atom is -0.353 e. The predicted octanol–water partition coefficient (Wildman–Crippen LogP) is 1.75. The van der Waals surface area contributed by atoms with Gasteiger partial charge in [-0.05, 0) is 31.6 Å². The van der Waals surface area contributed by atoms with Gasteiger partial charge in [0.15, 0.2) is 9.84 Å². The number of likely N-dealkylation sites (N-methyl/N-ethyl adjacent to an activating group) is 1. The van der Waals surface area contributed by atoms with E-state index in [1.54, 1.807) is 0 Å². The number of rotatable bonds is 8. The van der Waals surface area contributed by atoms with Crippen LogP contribution in [0.4, 0.5) is 0 Å². The number of benzene rings is 2. The molecule has 30 heavy (non-hydrogen) atoms. The number of hydrogen-bond acceptors (Lipinski definition) is 5. The van der Waals surface area contributed by atoms with Crippen molar-refractivity contribution in [2.45, 2.75) is 18.5 Å². The second-order valence-electron chi connectivity index (χ2n) is 8.05. The minimum absolute atomic E-state index is 0.0830. The molecule has 1 fully saturated rings. The first-order valence-electron chi connectivity index (χ1n) is 10.3. The van der Waals surface area contributed by atoms with Crippen LogP contribution in [0.3, 0.4) is 0 Å².